The molecule has 0 bridgehead atoms. The highest BCUT2D eigenvalue weighted by Crippen LogP contribution is 2.29. The molecule has 2 aromatic rings. The number of anilines is 2. The highest BCUT2D eigenvalue weighted by atomic mass is 35.5. The van der Waals surface area contributed by atoms with Crippen LogP contribution < -0.4 is 15.0 Å². The number of carbonyl (C=O) groups is 2. The van der Waals surface area contributed by atoms with Crippen LogP contribution in [0.5, 0.6) is 5.75 Å². The summed E-state index contributed by atoms with van der Waals surface area (Å²) < 4.78 is 5.41. The number of ether oxygens (including phenoxy) is 1. The van der Waals surface area contributed by atoms with Crippen molar-refractivity contribution in [1.29, 1.82) is 0 Å². The maximum atomic E-state index is 12.5. The third-order valence-corrected chi connectivity index (χ3v) is 4.88. The summed E-state index contributed by atoms with van der Waals surface area (Å²) in [5, 5.41) is 3.57. The molecular weight excluding hydrogens is 375 g/mol. The number of hydrogen-bond acceptors (Lipinski definition) is 3. The van der Waals surface area contributed by atoms with Crippen molar-refractivity contribution in [3.8, 4) is 5.75 Å². The van der Waals surface area contributed by atoms with Gasteiger partial charge in [0.25, 0.3) is 0 Å². The second-order valence-electron chi connectivity index (χ2n) is 5.95. The van der Waals surface area contributed by atoms with Crippen LogP contribution >= 0.6 is 23.2 Å². The van der Waals surface area contributed by atoms with Crippen molar-refractivity contribution < 1.29 is 14.3 Å². The van der Waals surface area contributed by atoms with Crippen LogP contribution in [0.2, 0.25) is 10.0 Å². The van der Waals surface area contributed by atoms with Crippen molar-refractivity contribution >= 4 is 46.4 Å². The van der Waals surface area contributed by atoms with Gasteiger partial charge in [0.15, 0.2) is 0 Å². The average Bonchev–Trinajstić information content (AvgIpc) is 3.01. The lowest BCUT2D eigenvalue weighted by Crippen LogP contribution is -2.28. The molecule has 0 spiro atoms. The molecule has 1 aliphatic heterocycles. The van der Waals surface area contributed by atoms with Crippen molar-refractivity contribution in [2.45, 2.75) is 13.3 Å². The second kappa shape index (κ2) is 7.98. The minimum atomic E-state index is -0.427. The summed E-state index contributed by atoms with van der Waals surface area (Å²) in [7, 11) is 0. The Morgan fingerprint density at radius 2 is 1.92 bits per heavy atom. The van der Waals surface area contributed by atoms with Gasteiger partial charge in [-0.2, -0.15) is 0 Å². The molecule has 2 aromatic carbocycles. The molecule has 0 aromatic heterocycles. The van der Waals surface area contributed by atoms with Crippen LogP contribution in [0, 0.1) is 5.92 Å². The molecular formula is C19H18Cl2N2O3. The van der Waals surface area contributed by atoms with Crippen LogP contribution in [0.1, 0.15) is 13.3 Å². The van der Waals surface area contributed by atoms with Gasteiger partial charge in [0, 0.05) is 24.3 Å². The van der Waals surface area contributed by atoms with Gasteiger partial charge < -0.3 is 15.0 Å². The van der Waals surface area contributed by atoms with E-state index < -0.39 is 5.92 Å². The number of carbonyl (C=O) groups excluding carboxylic acids is 2. The zero-order valence-corrected chi connectivity index (χ0v) is 15.7. The summed E-state index contributed by atoms with van der Waals surface area (Å²) >= 11 is 11.8. The van der Waals surface area contributed by atoms with E-state index in [-0.39, 0.29) is 18.2 Å². The number of hydrogen-bond donors (Lipinski definition) is 1. The van der Waals surface area contributed by atoms with Gasteiger partial charge in [0.05, 0.1) is 22.6 Å². The molecule has 2 amide bonds. The predicted molar refractivity (Wildman–Crippen MR) is 103 cm³/mol. The van der Waals surface area contributed by atoms with Crippen LogP contribution in [0.15, 0.2) is 42.5 Å². The van der Waals surface area contributed by atoms with E-state index >= 15 is 0 Å². The lowest BCUT2D eigenvalue weighted by Gasteiger charge is -2.17. The van der Waals surface area contributed by atoms with Gasteiger partial charge in [-0.25, -0.2) is 0 Å². The molecule has 0 saturated carbocycles. The van der Waals surface area contributed by atoms with Crippen molar-refractivity contribution in [2.24, 2.45) is 5.92 Å². The molecule has 0 aliphatic carbocycles. The highest BCUT2D eigenvalue weighted by molar-refractivity contribution is 6.42. The average molecular weight is 393 g/mol. The van der Waals surface area contributed by atoms with E-state index in [9.17, 15) is 9.59 Å². The van der Waals surface area contributed by atoms with Gasteiger partial charge in [-0.05, 0) is 49.4 Å². The van der Waals surface area contributed by atoms with Gasteiger partial charge in [0.1, 0.15) is 5.75 Å². The quantitative estimate of drug-likeness (QED) is 0.820. The Hall–Kier alpha value is -2.24. The first kappa shape index (κ1) is 18.5. The zero-order chi connectivity index (χ0) is 18.7. The summed E-state index contributed by atoms with van der Waals surface area (Å²) in [5.41, 5.74) is 1.31. The summed E-state index contributed by atoms with van der Waals surface area (Å²) in [5.74, 6) is 0.0222. The SMILES string of the molecule is CCOc1ccc(N2CC(C(=O)Nc3ccc(Cl)c(Cl)c3)CC2=O)cc1. The standard InChI is InChI=1S/C19H18Cl2N2O3/c1-2-26-15-6-4-14(5-7-15)23-11-12(9-18(23)24)19(25)22-13-3-8-16(20)17(21)10-13/h3-8,10,12H,2,9,11H2,1H3,(H,22,25). The fourth-order valence-corrected chi connectivity index (χ4v) is 3.14. The highest BCUT2D eigenvalue weighted by Gasteiger charge is 2.35. The minimum Gasteiger partial charge on any atom is -0.494 e. The van der Waals surface area contributed by atoms with Crippen molar-refractivity contribution in [3.63, 3.8) is 0 Å². The molecule has 1 saturated heterocycles. The molecule has 1 fully saturated rings. The van der Waals surface area contributed by atoms with Gasteiger partial charge in [-0.3, -0.25) is 9.59 Å². The van der Waals surface area contributed by atoms with Crippen LogP contribution in [0.4, 0.5) is 11.4 Å². The van der Waals surface area contributed by atoms with E-state index in [2.05, 4.69) is 5.32 Å². The Labute approximate surface area is 161 Å². The van der Waals surface area contributed by atoms with E-state index in [1.807, 2.05) is 31.2 Å². The number of rotatable bonds is 5. The molecule has 26 heavy (non-hydrogen) atoms. The number of amides is 2. The Morgan fingerprint density at radius 3 is 2.58 bits per heavy atom. The Balaban J connectivity index is 1.66. The van der Waals surface area contributed by atoms with Crippen molar-refractivity contribution in [2.75, 3.05) is 23.4 Å². The third-order valence-electron chi connectivity index (χ3n) is 4.14. The summed E-state index contributed by atoms with van der Waals surface area (Å²) in [6.07, 6.45) is 0.167. The predicted octanol–water partition coefficient (Wildman–Crippen LogP) is 4.38. The lowest BCUT2D eigenvalue weighted by molar-refractivity contribution is -0.122. The Kier molecular flexibility index (Phi) is 5.69. The summed E-state index contributed by atoms with van der Waals surface area (Å²) in [6.45, 7) is 2.83. The van der Waals surface area contributed by atoms with Crippen LogP contribution in [-0.2, 0) is 9.59 Å². The molecule has 3 rings (SSSR count). The Bertz CT molecular complexity index is 824. The third kappa shape index (κ3) is 4.11. The fraction of sp³-hybridized carbons (Fsp3) is 0.263. The van der Waals surface area contributed by atoms with Gasteiger partial charge in [-0.15, -0.1) is 0 Å². The first-order valence-electron chi connectivity index (χ1n) is 8.27. The molecule has 1 aliphatic rings. The monoisotopic (exact) mass is 392 g/mol. The molecule has 1 unspecified atom stereocenters. The maximum absolute atomic E-state index is 12.5. The first-order chi connectivity index (χ1) is 12.5. The molecule has 136 valence electrons. The summed E-state index contributed by atoms with van der Waals surface area (Å²) in [6, 6.07) is 12.1. The van der Waals surface area contributed by atoms with Crippen LogP contribution in [0.25, 0.3) is 0 Å². The largest absolute Gasteiger partial charge is 0.494 e. The van der Waals surface area contributed by atoms with E-state index in [1.54, 1.807) is 23.1 Å². The van der Waals surface area contributed by atoms with Crippen molar-refractivity contribution in [3.05, 3.63) is 52.5 Å². The topological polar surface area (TPSA) is 58.6 Å². The zero-order valence-electron chi connectivity index (χ0n) is 14.2. The molecule has 0 radical (unpaired) electrons. The molecule has 1 N–H and O–H groups in total. The van der Waals surface area contributed by atoms with E-state index in [0.29, 0.717) is 28.9 Å². The molecule has 1 heterocycles. The van der Waals surface area contributed by atoms with E-state index in [4.69, 9.17) is 27.9 Å². The number of nitrogens with zero attached hydrogens (tertiary/aromatic N) is 1. The second-order valence-corrected chi connectivity index (χ2v) is 6.76. The van der Waals surface area contributed by atoms with Gasteiger partial charge in [-0.1, -0.05) is 23.2 Å². The maximum Gasteiger partial charge on any atom is 0.229 e. The molecule has 1 atom stereocenters. The van der Waals surface area contributed by atoms with Crippen LogP contribution in [-0.4, -0.2) is 25.0 Å². The number of nitrogens with one attached hydrogen (secondary N) is 1. The normalized spacial score (nSPS) is 16.7. The van der Waals surface area contributed by atoms with Crippen molar-refractivity contribution in [1.82, 2.24) is 0 Å². The molecule has 7 heteroatoms. The van der Waals surface area contributed by atoms with E-state index in [0.717, 1.165) is 11.4 Å². The molecule has 5 nitrogen and oxygen atoms in total. The minimum absolute atomic E-state index is 0.0801. The van der Waals surface area contributed by atoms with E-state index in [1.165, 1.54) is 0 Å². The first-order valence-corrected chi connectivity index (χ1v) is 9.02. The van der Waals surface area contributed by atoms with Gasteiger partial charge >= 0.3 is 0 Å². The lowest BCUT2D eigenvalue weighted by atomic mass is 10.1. The fourth-order valence-electron chi connectivity index (χ4n) is 2.84. The summed E-state index contributed by atoms with van der Waals surface area (Å²) in [4.78, 5) is 26.4. The van der Waals surface area contributed by atoms with Gasteiger partial charge in [0.2, 0.25) is 11.8 Å². The smallest absolute Gasteiger partial charge is 0.229 e. The van der Waals surface area contributed by atoms with Crippen LogP contribution in [0.3, 0.4) is 0 Å². The number of halogens is 2. The number of benzene rings is 2. The Morgan fingerprint density at radius 1 is 1.19 bits per heavy atom.